The Hall–Kier alpha value is -1.42. The van der Waals surface area contributed by atoms with Crippen molar-refractivity contribution in [2.24, 2.45) is 5.73 Å². The second kappa shape index (κ2) is 5.61. The Labute approximate surface area is 96.5 Å². The molecule has 0 fully saturated rings. The summed E-state index contributed by atoms with van der Waals surface area (Å²) in [5.41, 5.74) is 13.1. The smallest absolute Gasteiger partial charge is 0.145 e. The van der Waals surface area contributed by atoms with Crippen molar-refractivity contribution in [3.8, 4) is 11.5 Å². The fourth-order valence-corrected chi connectivity index (χ4v) is 1.66. The molecule has 0 radical (unpaired) electrons. The average molecular weight is 224 g/mol. The molecule has 1 aromatic carbocycles. The summed E-state index contributed by atoms with van der Waals surface area (Å²) < 4.78 is 10.4. The van der Waals surface area contributed by atoms with Crippen LogP contribution < -0.4 is 20.9 Å². The molecule has 4 N–H and O–H groups in total. The van der Waals surface area contributed by atoms with Crippen molar-refractivity contribution in [2.75, 3.05) is 26.5 Å². The molecule has 1 aromatic rings. The van der Waals surface area contributed by atoms with Crippen LogP contribution in [0.1, 0.15) is 24.8 Å². The Balaban J connectivity index is 3.11. The van der Waals surface area contributed by atoms with Crippen LogP contribution in [0.15, 0.2) is 12.1 Å². The lowest BCUT2D eigenvalue weighted by Gasteiger charge is -2.16. The van der Waals surface area contributed by atoms with Gasteiger partial charge in [-0.05, 0) is 36.6 Å². The Morgan fingerprint density at radius 2 is 1.69 bits per heavy atom. The van der Waals surface area contributed by atoms with Gasteiger partial charge in [-0.15, -0.1) is 0 Å². The second-order valence-corrected chi connectivity index (χ2v) is 3.82. The van der Waals surface area contributed by atoms with Gasteiger partial charge in [-0.1, -0.05) is 6.92 Å². The SMILES string of the molecule is COc1cc(C(C)CCN)cc(OC)c1N. The first-order valence-electron chi connectivity index (χ1n) is 5.35. The molecule has 0 aliphatic rings. The minimum atomic E-state index is 0.369. The lowest BCUT2D eigenvalue weighted by molar-refractivity contribution is 0.396. The molecule has 1 unspecified atom stereocenters. The van der Waals surface area contributed by atoms with E-state index in [0.29, 0.717) is 29.6 Å². The molecule has 16 heavy (non-hydrogen) atoms. The Bertz CT molecular complexity index is 328. The quantitative estimate of drug-likeness (QED) is 0.747. The topological polar surface area (TPSA) is 70.5 Å². The molecule has 0 heterocycles. The zero-order chi connectivity index (χ0) is 12.1. The molecule has 1 atom stereocenters. The van der Waals surface area contributed by atoms with Gasteiger partial charge in [0, 0.05) is 0 Å². The van der Waals surface area contributed by atoms with E-state index in [-0.39, 0.29) is 0 Å². The monoisotopic (exact) mass is 224 g/mol. The van der Waals surface area contributed by atoms with Crippen LogP contribution in [0.2, 0.25) is 0 Å². The Morgan fingerprint density at radius 1 is 1.19 bits per heavy atom. The van der Waals surface area contributed by atoms with Crippen LogP contribution in [0.3, 0.4) is 0 Å². The molecule has 0 bridgehead atoms. The fourth-order valence-electron chi connectivity index (χ4n) is 1.66. The van der Waals surface area contributed by atoms with Gasteiger partial charge in [0.1, 0.15) is 17.2 Å². The summed E-state index contributed by atoms with van der Waals surface area (Å²) in [6, 6.07) is 3.89. The lowest BCUT2D eigenvalue weighted by atomic mass is 9.97. The molecule has 0 amide bonds. The molecular formula is C12H20N2O2. The van der Waals surface area contributed by atoms with Crippen molar-refractivity contribution in [3.63, 3.8) is 0 Å². The van der Waals surface area contributed by atoms with Crippen molar-refractivity contribution < 1.29 is 9.47 Å². The number of hydrogen-bond donors (Lipinski definition) is 2. The van der Waals surface area contributed by atoms with E-state index in [1.165, 1.54) is 0 Å². The number of anilines is 1. The summed E-state index contributed by atoms with van der Waals surface area (Å²) in [5, 5.41) is 0. The van der Waals surface area contributed by atoms with Crippen LogP contribution in [0.5, 0.6) is 11.5 Å². The van der Waals surface area contributed by atoms with Crippen LogP contribution in [-0.4, -0.2) is 20.8 Å². The highest BCUT2D eigenvalue weighted by Gasteiger charge is 2.12. The molecule has 0 saturated carbocycles. The predicted molar refractivity (Wildman–Crippen MR) is 66.0 cm³/mol. The van der Waals surface area contributed by atoms with Gasteiger partial charge in [0.05, 0.1) is 14.2 Å². The minimum Gasteiger partial charge on any atom is -0.494 e. The third kappa shape index (κ3) is 2.58. The third-order valence-corrected chi connectivity index (χ3v) is 2.73. The first kappa shape index (κ1) is 12.6. The van der Waals surface area contributed by atoms with E-state index in [9.17, 15) is 0 Å². The molecule has 4 heteroatoms. The number of rotatable bonds is 5. The van der Waals surface area contributed by atoms with Gasteiger partial charge < -0.3 is 20.9 Å². The second-order valence-electron chi connectivity index (χ2n) is 3.82. The first-order chi connectivity index (χ1) is 7.63. The molecule has 90 valence electrons. The molecule has 1 rings (SSSR count). The van der Waals surface area contributed by atoms with Crippen molar-refractivity contribution >= 4 is 5.69 Å². The summed E-state index contributed by atoms with van der Waals surface area (Å²) >= 11 is 0. The minimum absolute atomic E-state index is 0.369. The van der Waals surface area contributed by atoms with Gasteiger partial charge in [0.25, 0.3) is 0 Å². The van der Waals surface area contributed by atoms with E-state index in [4.69, 9.17) is 20.9 Å². The molecule has 0 aliphatic heterocycles. The average Bonchev–Trinajstić information content (AvgIpc) is 2.29. The van der Waals surface area contributed by atoms with E-state index < -0.39 is 0 Å². The summed E-state index contributed by atoms with van der Waals surface area (Å²) in [5.74, 6) is 1.67. The largest absolute Gasteiger partial charge is 0.494 e. The van der Waals surface area contributed by atoms with Crippen molar-refractivity contribution in [2.45, 2.75) is 19.3 Å². The number of nitrogen functional groups attached to an aromatic ring is 1. The van der Waals surface area contributed by atoms with Crippen molar-refractivity contribution in [1.29, 1.82) is 0 Å². The zero-order valence-electron chi connectivity index (χ0n) is 10.1. The van der Waals surface area contributed by atoms with Crippen molar-refractivity contribution in [1.82, 2.24) is 0 Å². The van der Waals surface area contributed by atoms with E-state index in [1.807, 2.05) is 12.1 Å². The maximum absolute atomic E-state index is 5.87. The maximum atomic E-state index is 5.87. The summed E-state index contributed by atoms with van der Waals surface area (Å²) in [6.07, 6.45) is 0.927. The highest BCUT2D eigenvalue weighted by atomic mass is 16.5. The molecule has 4 nitrogen and oxygen atoms in total. The van der Waals surface area contributed by atoms with Crippen LogP contribution in [-0.2, 0) is 0 Å². The van der Waals surface area contributed by atoms with Crippen LogP contribution in [0.25, 0.3) is 0 Å². The molecule has 0 spiro atoms. The lowest BCUT2D eigenvalue weighted by Crippen LogP contribution is -2.06. The van der Waals surface area contributed by atoms with Gasteiger partial charge >= 0.3 is 0 Å². The Morgan fingerprint density at radius 3 is 2.06 bits per heavy atom. The van der Waals surface area contributed by atoms with E-state index in [2.05, 4.69) is 6.92 Å². The van der Waals surface area contributed by atoms with Gasteiger partial charge in [0.2, 0.25) is 0 Å². The Kier molecular flexibility index (Phi) is 4.43. The van der Waals surface area contributed by atoms with E-state index >= 15 is 0 Å². The zero-order valence-corrected chi connectivity index (χ0v) is 10.1. The molecule has 0 saturated heterocycles. The van der Waals surface area contributed by atoms with Crippen LogP contribution >= 0.6 is 0 Å². The van der Waals surface area contributed by atoms with Crippen molar-refractivity contribution in [3.05, 3.63) is 17.7 Å². The highest BCUT2D eigenvalue weighted by molar-refractivity contribution is 5.64. The number of ether oxygens (including phenoxy) is 2. The summed E-state index contributed by atoms with van der Waals surface area (Å²) in [4.78, 5) is 0. The van der Waals surface area contributed by atoms with Gasteiger partial charge in [0.15, 0.2) is 0 Å². The maximum Gasteiger partial charge on any atom is 0.145 e. The van der Waals surface area contributed by atoms with E-state index in [0.717, 1.165) is 12.0 Å². The fraction of sp³-hybridized carbons (Fsp3) is 0.500. The summed E-state index contributed by atoms with van der Waals surface area (Å²) in [6.45, 7) is 2.79. The van der Waals surface area contributed by atoms with Gasteiger partial charge in [-0.3, -0.25) is 0 Å². The van der Waals surface area contributed by atoms with E-state index in [1.54, 1.807) is 14.2 Å². The normalized spacial score (nSPS) is 12.2. The number of benzene rings is 1. The molecule has 0 aliphatic carbocycles. The summed E-state index contributed by atoms with van der Waals surface area (Å²) in [7, 11) is 3.20. The predicted octanol–water partition coefficient (Wildman–Crippen LogP) is 1.74. The van der Waals surface area contributed by atoms with Crippen LogP contribution in [0.4, 0.5) is 5.69 Å². The highest BCUT2D eigenvalue weighted by Crippen LogP contribution is 2.36. The molecule has 0 aromatic heterocycles. The van der Waals surface area contributed by atoms with Gasteiger partial charge in [-0.2, -0.15) is 0 Å². The van der Waals surface area contributed by atoms with Gasteiger partial charge in [-0.25, -0.2) is 0 Å². The number of hydrogen-bond acceptors (Lipinski definition) is 4. The number of nitrogens with two attached hydrogens (primary N) is 2. The third-order valence-electron chi connectivity index (χ3n) is 2.73. The standard InChI is InChI=1S/C12H20N2O2/c1-8(4-5-13)9-6-10(15-2)12(14)11(7-9)16-3/h6-8H,4-5,13-14H2,1-3H3. The number of methoxy groups -OCH3 is 2. The van der Waals surface area contributed by atoms with Crippen LogP contribution in [0, 0.1) is 0 Å². The molecular weight excluding hydrogens is 204 g/mol. The first-order valence-corrected chi connectivity index (χ1v) is 5.35.